The minimum Gasteiger partial charge on any atom is -0.385 e. The summed E-state index contributed by atoms with van der Waals surface area (Å²) >= 11 is 1.85. The number of allylic oxidation sites excluding steroid dienone is 2. The molecule has 0 amide bonds. The van der Waals surface area contributed by atoms with Gasteiger partial charge in [-0.2, -0.15) is 0 Å². The Labute approximate surface area is 71.2 Å². The molecule has 0 fully saturated rings. The van der Waals surface area contributed by atoms with Gasteiger partial charge in [0.15, 0.2) is 0 Å². The van der Waals surface area contributed by atoms with Gasteiger partial charge in [-0.25, -0.2) is 4.39 Å². The van der Waals surface area contributed by atoms with Gasteiger partial charge >= 0.3 is 0 Å². The molecule has 0 spiro atoms. The van der Waals surface area contributed by atoms with Crippen molar-refractivity contribution in [2.24, 2.45) is 0 Å². The Balaban J connectivity index is 2.86. The van der Waals surface area contributed by atoms with Crippen molar-refractivity contribution in [3.05, 3.63) is 21.6 Å². The first-order chi connectivity index (χ1) is 4.63. The second kappa shape index (κ2) is 2.98. The predicted octanol–water partition coefficient (Wildman–Crippen LogP) is 0.894. The fourth-order valence-corrected chi connectivity index (χ4v) is 1.18. The molecule has 0 aromatic heterocycles. The summed E-state index contributed by atoms with van der Waals surface area (Å²) in [4.78, 5) is 0. The van der Waals surface area contributed by atoms with Gasteiger partial charge in [-0.15, -0.1) is 0 Å². The Hall–Kier alpha value is 0.0600. The van der Waals surface area contributed by atoms with Crippen LogP contribution in [0, 0.1) is 0 Å². The van der Waals surface area contributed by atoms with Gasteiger partial charge in [-0.3, -0.25) is 0 Å². The first kappa shape index (κ1) is 8.16. The van der Waals surface area contributed by atoms with E-state index in [0.717, 1.165) is 6.08 Å². The number of hydrogen-bond donors (Lipinski definition) is 2. The van der Waals surface area contributed by atoms with Crippen molar-refractivity contribution in [2.45, 2.75) is 12.2 Å². The van der Waals surface area contributed by atoms with Gasteiger partial charge in [0.2, 0.25) is 0 Å². The molecule has 0 saturated heterocycles. The molecule has 2 N–H and O–H groups in total. The summed E-state index contributed by atoms with van der Waals surface area (Å²) < 4.78 is 13.0. The quantitative estimate of drug-likeness (QED) is 0.632. The largest absolute Gasteiger partial charge is 0.385 e. The Morgan fingerprint density at radius 1 is 1.30 bits per heavy atom. The minimum atomic E-state index is -1.38. The molecule has 1 aliphatic rings. The zero-order chi connectivity index (χ0) is 7.72. The fraction of sp³-hybridized carbons (Fsp3) is 0.333. The normalized spacial score (nSPS) is 33.2. The summed E-state index contributed by atoms with van der Waals surface area (Å²) in [5.74, 6) is -0.687. The van der Waals surface area contributed by atoms with E-state index in [1.165, 1.54) is 6.08 Å². The highest BCUT2D eigenvalue weighted by atomic mass is 127. The smallest absolute Gasteiger partial charge is 0.136 e. The molecule has 10 heavy (non-hydrogen) atoms. The Morgan fingerprint density at radius 3 is 2.40 bits per heavy atom. The van der Waals surface area contributed by atoms with E-state index in [2.05, 4.69) is 0 Å². The van der Waals surface area contributed by atoms with Crippen molar-refractivity contribution >= 4 is 22.6 Å². The van der Waals surface area contributed by atoms with Crippen LogP contribution in [0.3, 0.4) is 0 Å². The van der Waals surface area contributed by atoms with Crippen molar-refractivity contribution in [1.82, 2.24) is 0 Å². The van der Waals surface area contributed by atoms with Gasteiger partial charge in [0.1, 0.15) is 18.0 Å². The third-order valence-electron chi connectivity index (χ3n) is 1.27. The first-order valence-corrected chi connectivity index (χ1v) is 3.79. The lowest BCUT2D eigenvalue weighted by molar-refractivity contribution is 0.0556. The summed E-state index contributed by atoms with van der Waals surface area (Å²) in [5.41, 5.74) is 0. The second-order valence-electron chi connectivity index (χ2n) is 1.99. The maximum Gasteiger partial charge on any atom is 0.136 e. The third kappa shape index (κ3) is 1.38. The van der Waals surface area contributed by atoms with Crippen LogP contribution in [0.15, 0.2) is 21.6 Å². The maximum absolute atomic E-state index is 12.4. The molecule has 0 unspecified atom stereocenters. The van der Waals surface area contributed by atoms with E-state index in [1.807, 2.05) is 22.6 Å². The number of hydrogen-bond acceptors (Lipinski definition) is 2. The zero-order valence-corrected chi connectivity index (χ0v) is 7.12. The average molecular weight is 256 g/mol. The first-order valence-electron chi connectivity index (χ1n) is 2.72. The molecule has 0 heterocycles. The number of rotatable bonds is 0. The molecule has 1 rings (SSSR count). The van der Waals surface area contributed by atoms with Crippen molar-refractivity contribution in [2.75, 3.05) is 0 Å². The predicted molar refractivity (Wildman–Crippen MR) is 43.3 cm³/mol. The van der Waals surface area contributed by atoms with Crippen LogP contribution >= 0.6 is 22.6 Å². The highest BCUT2D eigenvalue weighted by Gasteiger charge is 2.25. The van der Waals surface area contributed by atoms with Crippen LogP contribution in [0.1, 0.15) is 0 Å². The van der Waals surface area contributed by atoms with Crippen LogP contribution in [0.4, 0.5) is 4.39 Å². The maximum atomic E-state index is 12.4. The fourth-order valence-electron chi connectivity index (χ4n) is 0.658. The van der Waals surface area contributed by atoms with E-state index in [0.29, 0.717) is 3.58 Å². The van der Waals surface area contributed by atoms with Crippen LogP contribution < -0.4 is 0 Å². The highest BCUT2D eigenvalue weighted by Crippen LogP contribution is 2.24. The lowest BCUT2D eigenvalue weighted by Crippen LogP contribution is -2.28. The molecule has 0 bridgehead atoms. The molecule has 56 valence electrons. The highest BCUT2D eigenvalue weighted by molar-refractivity contribution is 14.1. The van der Waals surface area contributed by atoms with Crippen molar-refractivity contribution < 1.29 is 14.6 Å². The average Bonchev–Trinajstić information content (AvgIpc) is 1.93. The summed E-state index contributed by atoms with van der Waals surface area (Å²) in [7, 11) is 0. The Bertz CT molecular complexity index is 178. The summed E-state index contributed by atoms with van der Waals surface area (Å²) in [5, 5.41) is 17.9. The molecular weight excluding hydrogens is 250 g/mol. The Morgan fingerprint density at radius 2 is 1.90 bits per heavy atom. The van der Waals surface area contributed by atoms with Crippen molar-refractivity contribution in [1.29, 1.82) is 0 Å². The van der Waals surface area contributed by atoms with E-state index in [-0.39, 0.29) is 0 Å². The van der Waals surface area contributed by atoms with Gasteiger partial charge in [-0.05, 0) is 34.7 Å². The topological polar surface area (TPSA) is 40.5 Å². The third-order valence-corrected chi connectivity index (χ3v) is 2.26. The summed E-state index contributed by atoms with van der Waals surface area (Å²) in [6, 6.07) is 0. The molecule has 0 radical (unpaired) electrons. The molecule has 2 atom stereocenters. The standard InChI is InChI=1S/C6H6FIO2/c7-3-1-2-4(8)6(10)5(3)9/h1-2,5-6,9-10H/t5-,6+/m0/s1. The zero-order valence-electron chi connectivity index (χ0n) is 4.96. The summed E-state index contributed by atoms with van der Waals surface area (Å²) in [6.45, 7) is 0. The van der Waals surface area contributed by atoms with Crippen LogP contribution in [0.25, 0.3) is 0 Å². The van der Waals surface area contributed by atoms with Crippen molar-refractivity contribution in [3.8, 4) is 0 Å². The SMILES string of the molecule is O[C@@H]1C(I)=CC=C(F)[C@@H]1O. The monoisotopic (exact) mass is 256 g/mol. The molecule has 1 aliphatic carbocycles. The second-order valence-corrected chi connectivity index (χ2v) is 3.24. The van der Waals surface area contributed by atoms with Crippen LogP contribution in [-0.4, -0.2) is 22.4 Å². The van der Waals surface area contributed by atoms with Gasteiger partial charge in [-0.1, -0.05) is 0 Å². The van der Waals surface area contributed by atoms with E-state index in [4.69, 9.17) is 10.2 Å². The van der Waals surface area contributed by atoms with Crippen LogP contribution in [0.2, 0.25) is 0 Å². The van der Waals surface area contributed by atoms with E-state index in [1.54, 1.807) is 0 Å². The van der Waals surface area contributed by atoms with Crippen LogP contribution in [-0.2, 0) is 0 Å². The number of aliphatic hydroxyl groups is 2. The van der Waals surface area contributed by atoms with E-state index >= 15 is 0 Å². The van der Waals surface area contributed by atoms with Gasteiger partial charge in [0.25, 0.3) is 0 Å². The number of halogens is 2. The molecule has 0 aromatic carbocycles. The number of aliphatic hydroxyl groups excluding tert-OH is 2. The van der Waals surface area contributed by atoms with Crippen LogP contribution in [0.5, 0.6) is 0 Å². The molecule has 0 aromatic rings. The summed E-state index contributed by atoms with van der Waals surface area (Å²) in [6.07, 6.45) is 0.120. The van der Waals surface area contributed by atoms with Gasteiger partial charge in [0, 0.05) is 3.58 Å². The van der Waals surface area contributed by atoms with Crippen molar-refractivity contribution in [3.63, 3.8) is 0 Å². The molecule has 2 nitrogen and oxygen atoms in total. The lowest BCUT2D eigenvalue weighted by Gasteiger charge is -2.18. The molecule has 0 saturated carbocycles. The van der Waals surface area contributed by atoms with Gasteiger partial charge < -0.3 is 10.2 Å². The lowest BCUT2D eigenvalue weighted by atomic mass is 10.1. The molecule has 4 heteroatoms. The molecular formula is C6H6FIO2. The van der Waals surface area contributed by atoms with E-state index < -0.39 is 18.0 Å². The minimum absolute atomic E-state index is 0.548. The van der Waals surface area contributed by atoms with Gasteiger partial charge in [0.05, 0.1) is 0 Å². The molecule has 0 aliphatic heterocycles. The van der Waals surface area contributed by atoms with E-state index in [9.17, 15) is 4.39 Å². The Kier molecular flexibility index (Phi) is 2.43.